The van der Waals surface area contributed by atoms with E-state index in [1.165, 1.54) is 6.92 Å². The molecule has 20 heavy (non-hydrogen) atoms. The van der Waals surface area contributed by atoms with E-state index in [4.69, 9.17) is 10.2 Å². The van der Waals surface area contributed by atoms with E-state index in [0.29, 0.717) is 0 Å². The minimum Gasteiger partial charge on any atom is -0.379 e. The van der Waals surface area contributed by atoms with E-state index >= 15 is 0 Å². The average molecular weight is 316 g/mol. The molecule has 0 aliphatic rings. The van der Waals surface area contributed by atoms with Gasteiger partial charge in [0.05, 0.1) is 0 Å². The highest BCUT2D eigenvalue weighted by Gasteiger charge is 2.26. The number of hydrogen-bond donors (Lipinski definition) is 2. The second-order valence-electron chi connectivity index (χ2n) is 4.34. The van der Waals surface area contributed by atoms with E-state index in [1.807, 2.05) is 0 Å². The van der Waals surface area contributed by atoms with Crippen LogP contribution in [0.2, 0.25) is 6.04 Å². The van der Waals surface area contributed by atoms with Crippen LogP contribution in [-0.4, -0.2) is 26.5 Å². The van der Waals surface area contributed by atoms with E-state index < -0.39 is 56.8 Å². The molecule has 0 aromatic heterocycles. The topological polar surface area (TPSA) is 49.7 Å². The molecule has 0 aliphatic heterocycles. The Kier molecular flexibility index (Phi) is 6.05. The van der Waals surface area contributed by atoms with Crippen molar-refractivity contribution < 1.29 is 36.6 Å². The van der Waals surface area contributed by atoms with Gasteiger partial charge in [0.2, 0.25) is 5.82 Å². The summed E-state index contributed by atoms with van der Waals surface area (Å²) in [5.74, 6) is -10.2. The third kappa shape index (κ3) is 3.98. The molecule has 9 heteroatoms. The van der Waals surface area contributed by atoms with Crippen LogP contribution < -0.4 is 0 Å². The van der Waals surface area contributed by atoms with Crippen LogP contribution in [0.3, 0.4) is 0 Å². The van der Waals surface area contributed by atoms with Crippen LogP contribution in [0.15, 0.2) is 0 Å². The maximum Gasteiger partial charge on any atom is 0.256 e. The van der Waals surface area contributed by atoms with E-state index in [2.05, 4.69) is 4.43 Å². The quantitative estimate of drug-likeness (QED) is 0.274. The molecule has 1 aromatic carbocycles. The van der Waals surface area contributed by atoms with Crippen LogP contribution in [0.25, 0.3) is 0 Å². The van der Waals surface area contributed by atoms with Gasteiger partial charge in [0.15, 0.2) is 33.0 Å². The van der Waals surface area contributed by atoms with E-state index in [-0.39, 0.29) is 12.5 Å². The van der Waals surface area contributed by atoms with Gasteiger partial charge in [-0.05, 0) is 18.4 Å². The maximum absolute atomic E-state index is 13.4. The molecule has 0 aliphatic carbocycles. The number of benzene rings is 1. The van der Waals surface area contributed by atoms with Gasteiger partial charge in [-0.3, -0.25) is 0 Å². The number of rotatable bonds is 6. The Hall–Kier alpha value is -1.03. The molecule has 1 aromatic rings. The van der Waals surface area contributed by atoms with Crippen LogP contribution in [0.4, 0.5) is 22.0 Å². The molecule has 114 valence electrons. The van der Waals surface area contributed by atoms with Crippen molar-refractivity contribution in [2.24, 2.45) is 5.92 Å². The van der Waals surface area contributed by atoms with E-state index in [0.717, 1.165) is 0 Å². The highest BCUT2D eigenvalue weighted by Crippen LogP contribution is 2.25. The van der Waals surface area contributed by atoms with Crippen LogP contribution in [-0.2, 0) is 10.8 Å². The molecule has 1 unspecified atom stereocenters. The summed E-state index contributed by atoms with van der Waals surface area (Å²) in [7, 11) is -1.36. The Bertz CT molecular complexity index is 455. The van der Waals surface area contributed by atoms with Gasteiger partial charge < -0.3 is 14.6 Å². The normalized spacial score (nSPS) is 13.7. The summed E-state index contributed by atoms with van der Waals surface area (Å²) in [6, 6.07) is 0.289. The summed E-state index contributed by atoms with van der Waals surface area (Å²) in [6.45, 7) is -0.374. The molecule has 3 nitrogen and oxygen atoms in total. The third-order valence-electron chi connectivity index (χ3n) is 2.73. The highest BCUT2D eigenvalue weighted by atomic mass is 28.2. The Morgan fingerprint density at radius 1 is 0.950 bits per heavy atom. The van der Waals surface area contributed by atoms with Gasteiger partial charge in [0, 0.05) is 5.56 Å². The minimum absolute atomic E-state index is 0.289. The van der Waals surface area contributed by atoms with E-state index in [9.17, 15) is 22.0 Å². The fourth-order valence-corrected chi connectivity index (χ4v) is 2.61. The molecule has 0 saturated carbocycles. The fourth-order valence-electron chi connectivity index (χ4n) is 1.65. The molecule has 0 radical (unpaired) electrons. The lowest BCUT2D eigenvalue weighted by Gasteiger charge is -2.14. The molecule has 0 fully saturated rings. The maximum atomic E-state index is 13.4. The monoisotopic (exact) mass is 316 g/mol. The zero-order valence-corrected chi connectivity index (χ0v) is 11.9. The first-order valence-corrected chi connectivity index (χ1v) is 7.31. The molecule has 1 atom stereocenters. The van der Waals surface area contributed by atoms with Crippen LogP contribution in [0.1, 0.15) is 12.5 Å². The van der Waals surface area contributed by atoms with Crippen molar-refractivity contribution in [1.82, 2.24) is 0 Å². The summed E-state index contributed by atoms with van der Waals surface area (Å²) in [6.07, 6.45) is -0.357. The molecule has 1 rings (SSSR count). The first-order valence-electron chi connectivity index (χ1n) is 5.73. The van der Waals surface area contributed by atoms with Gasteiger partial charge in [-0.2, -0.15) is 0 Å². The zero-order chi connectivity index (χ0) is 15.4. The lowest BCUT2D eigenvalue weighted by Crippen LogP contribution is -2.17. The first kappa shape index (κ1) is 17.0. The molecular formula is C11H13F5O3Si. The Balaban J connectivity index is 2.82. The van der Waals surface area contributed by atoms with Crippen molar-refractivity contribution in [1.29, 1.82) is 0 Å². The molecule has 0 spiro atoms. The standard InChI is InChI=1S/C11H13F5O3Si/c1-4(3-20-19-11(17)18)2-5-6(12)8(14)10(16)9(15)7(5)13/h4,11,17-18H,2-3,20H2,1H3. The van der Waals surface area contributed by atoms with Gasteiger partial charge in [-0.25, -0.2) is 22.0 Å². The number of halogens is 5. The van der Waals surface area contributed by atoms with Crippen LogP contribution in [0.5, 0.6) is 0 Å². The second-order valence-corrected chi connectivity index (χ2v) is 5.66. The molecule has 0 heterocycles. The van der Waals surface area contributed by atoms with Gasteiger partial charge in [0.1, 0.15) is 0 Å². The summed E-state index contributed by atoms with van der Waals surface area (Å²) < 4.78 is 70.1. The van der Waals surface area contributed by atoms with Crippen LogP contribution in [0, 0.1) is 35.0 Å². The Morgan fingerprint density at radius 3 is 1.85 bits per heavy atom. The lowest BCUT2D eigenvalue weighted by atomic mass is 10.0. The van der Waals surface area contributed by atoms with Gasteiger partial charge in [-0.15, -0.1) is 0 Å². The lowest BCUT2D eigenvalue weighted by molar-refractivity contribution is -0.180. The predicted octanol–water partition coefficient (Wildman–Crippen LogP) is 1.35. The van der Waals surface area contributed by atoms with Crippen molar-refractivity contribution in [3.8, 4) is 0 Å². The van der Waals surface area contributed by atoms with Crippen LogP contribution >= 0.6 is 0 Å². The molecule has 0 saturated heterocycles. The first-order chi connectivity index (χ1) is 9.25. The average Bonchev–Trinajstić information content (AvgIpc) is 2.39. The number of aliphatic hydroxyl groups is 2. The number of aliphatic hydroxyl groups excluding tert-OH is 1. The van der Waals surface area contributed by atoms with Crippen molar-refractivity contribution in [2.75, 3.05) is 0 Å². The molecular weight excluding hydrogens is 303 g/mol. The SMILES string of the molecule is CC(C[SiH2]OC(O)O)Cc1c(F)c(F)c(F)c(F)c1F. The molecule has 2 N–H and O–H groups in total. The van der Waals surface area contributed by atoms with Crippen molar-refractivity contribution >= 4 is 9.76 Å². The van der Waals surface area contributed by atoms with Gasteiger partial charge in [-0.1, -0.05) is 6.92 Å². The van der Waals surface area contributed by atoms with Gasteiger partial charge in [0.25, 0.3) is 6.48 Å². The summed E-state index contributed by atoms with van der Waals surface area (Å²) >= 11 is 0. The second kappa shape index (κ2) is 7.11. The summed E-state index contributed by atoms with van der Waals surface area (Å²) in [4.78, 5) is 0. The zero-order valence-electron chi connectivity index (χ0n) is 10.5. The smallest absolute Gasteiger partial charge is 0.256 e. The summed E-state index contributed by atoms with van der Waals surface area (Å²) in [5, 5.41) is 16.9. The summed E-state index contributed by atoms with van der Waals surface area (Å²) in [5.41, 5.74) is -0.868. The van der Waals surface area contributed by atoms with E-state index in [1.54, 1.807) is 0 Å². The highest BCUT2D eigenvalue weighted by molar-refractivity contribution is 6.27. The molecule has 0 bridgehead atoms. The van der Waals surface area contributed by atoms with Crippen molar-refractivity contribution in [3.63, 3.8) is 0 Å². The molecule has 0 amide bonds. The predicted molar refractivity (Wildman–Crippen MR) is 61.8 cm³/mol. The minimum atomic E-state index is -2.18. The largest absolute Gasteiger partial charge is 0.379 e. The Morgan fingerprint density at radius 2 is 1.40 bits per heavy atom. The van der Waals surface area contributed by atoms with Crippen molar-refractivity contribution in [2.45, 2.75) is 25.9 Å². The Labute approximate surface area is 113 Å². The van der Waals surface area contributed by atoms with Gasteiger partial charge >= 0.3 is 0 Å². The third-order valence-corrected chi connectivity index (χ3v) is 4.49. The number of hydrogen-bond acceptors (Lipinski definition) is 3. The fraction of sp³-hybridized carbons (Fsp3) is 0.455. The van der Waals surface area contributed by atoms with Crippen molar-refractivity contribution in [3.05, 3.63) is 34.6 Å².